The Bertz CT molecular complexity index is 462. The Morgan fingerprint density at radius 2 is 2.20 bits per heavy atom. The second kappa shape index (κ2) is 3.44. The first-order chi connectivity index (χ1) is 7.10. The number of aryl methyl sites for hydroxylation is 1. The molecule has 1 fully saturated rings. The molecule has 1 aliphatic rings. The summed E-state index contributed by atoms with van der Waals surface area (Å²) in [7, 11) is 0. The molecule has 0 atom stereocenters. The Kier molecular flexibility index (Phi) is 2.37. The van der Waals surface area contributed by atoms with Crippen LogP contribution in [0.5, 0.6) is 0 Å². The van der Waals surface area contributed by atoms with Gasteiger partial charge < -0.3 is 0 Å². The Morgan fingerprint density at radius 3 is 2.73 bits per heavy atom. The smallest absolute Gasteiger partial charge is 0.211 e. The number of benzene rings is 1. The molecule has 0 N–H and O–H groups in total. The van der Waals surface area contributed by atoms with E-state index in [2.05, 4.69) is 4.99 Å². The molecule has 1 aliphatic carbocycles. The maximum absolute atomic E-state index is 13.8. The highest BCUT2D eigenvalue weighted by atomic mass is 35.5. The summed E-state index contributed by atoms with van der Waals surface area (Å²) in [5.41, 5.74) is 0.521. The van der Waals surface area contributed by atoms with Gasteiger partial charge in [-0.2, -0.15) is 4.99 Å². The van der Waals surface area contributed by atoms with Gasteiger partial charge in [0.15, 0.2) is 0 Å². The molecule has 15 heavy (non-hydrogen) atoms. The molecule has 0 heterocycles. The van der Waals surface area contributed by atoms with Crippen LogP contribution < -0.4 is 0 Å². The fourth-order valence-electron chi connectivity index (χ4n) is 1.84. The zero-order valence-corrected chi connectivity index (χ0v) is 8.94. The molecule has 0 spiro atoms. The van der Waals surface area contributed by atoms with Gasteiger partial charge in [0.25, 0.3) is 0 Å². The van der Waals surface area contributed by atoms with Gasteiger partial charge in [-0.1, -0.05) is 17.7 Å². The maximum Gasteiger partial charge on any atom is 0.235 e. The molecule has 1 saturated carbocycles. The Labute approximate surface area is 91.8 Å². The van der Waals surface area contributed by atoms with Crippen molar-refractivity contribution < 1.29 is 9.18 Å². The molecule has 0 unspecified atom stereocenters. The molecule has 78 valence electrons. The molecule has 0 saturated heterocycles. The van der Waals surface area contributed by atoms with Crippen molar-refractivity contribution in [3.63, 3.8) is 0 Å². The molecule has 2 nitrogen and oxygen atoms in total. The summed E-state index contributed by atoms with van der Waals surface area (Å²) in [6.45, 7) is 1.79. The van der Waals surface area contributed by atoms with Gasteiger partial charge in [0, 0.05) is 5.56 Å². The van der Waals surface area contributed by atoms with Crippen LogP contribution in [0.2, 0.25) is 5.02 Å². The minimum absolute atomic E-state index is 0.0722. The molecule has 0 radical (unpaired) electrons. The second-order valence-electron chi connectivity index (χ2n) is 3.79. The number of halogens is 2. The van der Waals surface area contributed by atoms with Crippen molar-refractivity contribution in [3.05, 3.63) is 34.1 Å². The first-order valence-corrected chi connectivity index (χ1v) is 5.03. The average molecular weight is 226 g/mol. The quantitative estimate of drug-likeness (QED) is 0.562. The van der Waals surface area contributed by atoms with E-state index in [1.54, 1.807) is 13.0 Å². The van der Waals surface area contributed by atoms with Crippen LogP contribution in [0.15, 0.2) is 17.1 Å². The first kappa shape index (κ1) is 10.3. The summed E-state index contributed by atoms with van der Waals surface area (Å²) in [5, 5.41) is 0.0722. The SMILES string of the molecule is Cc1ccc(Cl)c(F)c1C1(N=C=O)CC1. The molecule has 4 heteroatoms. The number of isocyanates is 1. The van der Waals surface area contributed by atoms with Crippen LogP contribution in [-0.4, -0.2) is 6.08 Å². The summed E-state index contributed by atoms with van der Waals surface area (Å²) in [4.78, 5) is 14.0. The first-order valence-electron chi connectivity index (χ1n) is 4.65. The third-order valence-electron chi connectivity index (χ3n) is 2.75. The van der Waals surface area contributed by atoms with E-state index in [0.29, 0.717) is 18.4 Å². The zero-order chi connectivity index (χ0) is 11.1. The van der Waals surface area contributed by atoms with Crippen molar-refractivity contribution in [2.24, 2.45) is 4.99 Å². The van der Waals surface area contributed by atoms with Gasteiger partial charge in [0.1, 0.15) is 11.4 Å². The molecule has 0 amide bonds. The van der Waals surface area contributed by atoms with E-state index in [-0.39, 0.29) is 5.02 Å². The van der Waals surface area contributed by atoms with Crippen LogP contribution in [-0.2, 0) is 10.3 Å². The minimum atomic E-state index is -0.694. The van der Waals surface area contributed by atoms with Crippen LogP contribution in [0, 0.1) is 12.7 Å². The summed E-state index contributed by atoms with van der Waals surface area (Å²) in [6.07, 6.45) is 2.87. The van der Waals surface area contributed by atoms with E-state index in [0.717, 1.165) is 5.56 Å². The van der Waals surface area contributed by atoms with E-state index in [1.807, 2.05) is 0 Å². The van der Waals surface area contributed by atoms with Crippen LogP contribution in [0.4, 0.5) is 4.39 Å². The normalized spacial score (nSPS) is 17.0. The van der Waals surface area contributed by atoms with Crippen molar-refractivity contribution in [1.29, 1.82) is 0 Å². The number of nitrogens with zero attached hydrogens (tertiary/aromatic N) is 1. The van der Waals surface area contributed by atoms with Crippen molar-refractivity contribution in [3.8, 4) is 0 Å². The molecule has 1 aromatic carbocycles. The van der Waals surface area contributed by atoms with Gasteiger partial charge in [-0.25, -0.2) is 9.18 Å². The van der Waals surface area contributed by atoms with Crippen molar-refractivity contribution >= 4 is 17.7 Å². The lowest BCUT2D eigenvalue weighted by Gasteiger charge is -2.13. The van der Waals surface area contributed by atoms with Gasteiger partial charge in [0.2, 0.25) is 6.08 Å². The van der Waals surface area contributed by atoms with Crippen molar-refractivity contribution in [2.75, 3.05) is 0 Å². The zero-order valence-electron chi connectivity index (χ0n) is 8.18. The lowest BCUT2D eigenvalue weighted by atomic mass is 9.99. The number of carbonyl (C=O) groups excluding carboxylic acids is 1. The van der Waals surface area contributed by atoms with E-state index < -0.39 is 11.4 Å². The molecule has 0 aromatic heterocycles. The van der Waals surface area contributed by atoms with Crippen LogP contribution in [0.25, 0.3) is 0 Å². The van der Waals surface area contributed by atoms with Gasteiger partial charge in [-0.3, -0.25) is 0 Å². The number of hydrogen-bond acceptors (Lipinski definition) is 2. The average Bonchev–Trinajstić information content (AvgIpc) is 2.94. The summed E-state index contributed by atoms with van der Waals surface area (Å²) >= 11 is 5.70. The molecule has 0 bridgehead atoms. The number of rotatable bonds is 2. The van der Waals surface area contributed by atoms with Crippen LogP contribution in [0.1, 0.15) is 24.0 Å². The lowest BCUT2D eigenvalue weighted by Crippen LogP contribution is -2.08. The molecular weight excluding hydrogens is 217 g/mol. The molecular formula is C11H9ClFNO. The summed E-state index contributed by atoms with van der Waals surface area (Å²) in [5.74, 6) is -0.465. The van der Waals surface area contributed by atoms with E-state index in [9.17, 15) is 9.18 Å². The van der Waals surface area contributed by atoms with Crippen LogP contribution in [0.3, 0.4) is 0 Å². The number of hydrogen-bond donors (Lipinski definition) is 0. The Balaban J connectivity index is 2.62. The Hall–Kier alpha value is -1.18. The highest BCUT2D eigenvalue weighted by Crippen LogP contribution is 2.51. The predicted molar refractivity (Wildman–Crippen MR) is 55.2 cm³/mol. The summed E-state index contributed by atoms with van der Waals surface area (Å²) in [6, 6.07) is 3.25. The Morgan fingerprint density at radius 1 is 1.53 bits per heavy atom. The maximum atomic E-state index is 13.8. The number of aliphatic imine (C=N–C) groups is 1. The van der Waals surface area contributed by atoms with Gasteiger partial charge in [-0.05, 0) is 31.4 Å². The van der Waals surface area contributed by atoms with Gasteiger partial charge in [0.05, 0.1) is 5.02 Å². The van der Waals surface area contributed by atoms with Crippen molar-refractivity contribution in [2.45, 2.75) is 25.3 Å². The standard InChI is InChI=1S/C11H9ClFNO/c1-7-2-3-8(12)10(13)9(7)11(4-5-11)14-6-15/h2-3H,4-5H2,1H3. The highest BCUT2D eigenvalue weighted by molar-refractivity contribution is 6.30. The largest absolute Gasteiger partial charge is 0.235 e. The third-order valence-corrected chi connectivity index (χ3v) is 3.04. The monoisotopic (exact) mass is 225 g/mol. The van der Waals surface area contributed by atoms with Gasteiger partial charge >= 0.3 is 0 Å². The molecule has 0 aliphatic heterocycles. The van der Waals surface area contributed by atoms with Gasteiger partial charge in [-0.15, -0.1) is 0 Å². The summed E-state index contributed by atoms with van der Waals surface area (Å²) < 4.78 is 13.8. The topological polar surface area (TPSA) is 29.4 Å². The highest BCUT2D eigenvalue weighted by Gasteiger charge is 2.48. The van der Waals surface area contributed by atoms with E-state index >= 15 is 0 Å². The molecule has 2 rings (SSSR count). The third kappa shape index (κ3) is 1.58. The second-order valence-corrected chi connectivity index (χ2v) is 4.20. The fourth-order valence-corrected chi connectivity index (χ4v) is 2.00. The molecule has 1 aromatic rings. The fraction of sp³-hybridized carbons (Fsp3) is 0.364. The predicted octanol–water partition coefficient (Wildman–Crippen LogP) is 3.11. The lowest BCUT2D eigenvalue weighted by molar-refractivity contribution is 0.546. The van der Waals surface area contributed by atoms with E-state index in [4.69, 9.17) is 11.6 Å². The minimum Gasteiger partial charge on any atom is -0.211 e. The van der Waals surface area contributed by atoms with Crippen LogP contribution >= 0.6 is 11.6 Å². The van der Waals surface area contributed by atoms with E-state index in [1.165, 1.54) is 12.1 Å². The van der Waals surface area contributed by atoms with Crippen molar-refractivity contribution in [1.82, 2.24) is 0 Å².